The summed E-state index contributed by atoms with van der Waals surface area (Å²) in [5, 5.41) is 4.62. The molecule has 3 aromatic rings. The van der Waals surface area contributed by atoms with Crippen molar-refractivity contribution in [1.82, 2.24) is 10.0 Å². The van der Waals surface area contributed by atoms with Crippen LogP contribution in [0.4, 0.5) is 10.1 Å². The maximum absolute atomic E-state index is 14.6. The summed E-state index contributed by atoms with van der Waals surface area (Å²) in [7, 11) is -3.73. The maximum atomic E-state index is 14.6. The van der Waals surface area contributed by atoms with Gasteiger partial charge in [0, 0.05) is 33.8 Å². The van der Waals surface area contributed by atoms with Crippen molar-refractivity contribution in [3.05, 3.63) is 92.7 Å². The van der Waals surface area contributed by atoms with E-state index >= 15 is 0 Å². The van der Waals surface area contributed by atoms with Crippen LogP contribution in [0.25, 0.3) is 0 Å². The quantitative estimate of drug-likeness (QED) is 0.403. The topological polar surface area (TPSA) is 96.9 Å². The molecule has 0 aromatic heterocycles. The number of amides is 1. The van der Waals surface area contributed by atoms with Gasteiger partial charge in [0.1, 0.15) is 11.6 Å². The van der Waals surface area contributed by atoms with Crippen LogP contribution >= 0.6 is 23.2 Å². The third kappa shape index (κ3) is 5.41. The summed E-state index contributed by atoms with van der Waals surface area (Å²) < 4.78 is 45.3. The largest absolute Gasteiger partial charge is 0.483 e. The molecule has 2 aliphatic heterocycles. The van der Waals surface area contributed by atoms with Gasteiger partial charge in [0.15, 0.2) is 6.61 Å². The lowest BCUT2D eigenvalue weighted by Gasteiger charge is -2.48. The van der Waals surface area contributed by atoms with Gasteiger partial charge in [0.2, 0.25) is 10.0 Å². The summed E-state index contributed by atoms with van der Waals surface area (Å²) >= 11 is 12.8. The van der Waals surface area contributed by atoms with E-state index in [2.05, 4.69) is 5.32 Å². The minimum Gasteiger partial charge on any atom is -0.483 e. The summed E-state index contributed by atoms with van der Waals surface area (Å²) in [5.41, 5.74) is 3.29. The van der Waals surface area contributed by atoms with Gasteiger partial charge in [-0.15, -0.1) is 0 Å². The highest BCUT2D eigenvalue weighted by molar-refractivity contribution is 7.89. The van der Waals surface area contributed by atoms with Crippen LogP contribution in [0.5, 0.6) is 5.75 Å². The first-order valence-corrected chi connectivity index (χ1v) is 14.9. The molecule has 11 heteroatoms. The number of nitrogens with one attached hydrogen (secondary N) is 2. The van der Waals surface area contributed by atoms with Crippen LogP contribution in [0.2, 0.25) is 10.0 Å². The lowest BCUT2D eigenvalue weighted by atomic mass is 9.59. The van der Waals surface area contributed by atoms with Gasteiger partial charge >= 0.3 is 0 Å². The second kappa shape index (κ2) is 10.5. The van der Waals surface area contributed by atoms with Gasteiger partial charge in [-0.1, -0.05) is 35.3 Å². The van der Waals surface area contributed by atoms with Crippen LogP contribution in [-0.2, 0) is 20.2 Å². The normalized spacial score (nSPS) is 22.1. The van der Waals surface area contributed by atoms with E-state index in [9.17, 15) is 17.6 Å². The molecular formula is C28H26Cl2FN3O4S. The number of halogens is 3. The number of aryl methyl sites for hydroxylation is 1. The lowest BCUT2D eigenvalue weighted by Crippen LogP contribution is -2.51. The van der Waals surface area contributed by atoms with Gasteiger partial charge < -0.3 is 10.1 Å². The molecule has 0 unspecified atom stereocenters. The van der Waals surface area contributed by atoms with Gasteiger partial charge in [-0.05, 0) is 79.0 Å². The Morgan fingerprint density at radius 2 is 1.87 bits per heavy atom. The average Bonchev–Trinajstić information content (AvgIpc) is 3.22. The number of sulfonamides is 1. The molecule has 1 amide bonds. The third-order valence-electron chi connectivity index (χ3n) is 7.24. The molecule has 0 bridgehead atoms. The standard InChI is InChI=1S/C28H26Cl2FN3O4S/c1-16-3-6-19(31)13-20(16)27-28(15-33-24-12-18(30)4-7-23(24)28)22(9-10-32-27)21-11-17(29)5-8-25(21)38-14-26(35)34-39(2,36)37/h3-8,11-13,15,22,27,32H,9-10,14H2,1-2H3,(H,34,35)/t22-,27-,28+/m0/s1. The molecule has 5 rings (SSSR count). The summed E-state index contributed by atoms with van der Waals surface area (Å²) in [6.07, 6.45) is 3.43. The second-order valence-corrected chi connectivity index (χ2v) is 12.5. The Labute approximate surface area is 236 Å². The van der Waals surface area contributed by atoms with E-state index in [1.807, 2.05) is 30.0 Å². The van der Waals surface area contributed by atoms with Crippen LogP contribution in [0.3, 0.4) is 0 Å². The van der Waals surface area contributed by atoms with Crippen LogP contribution in [0.15, 0.2) is 59.6 Å². The van der Waals surface area contributed by atoms with Crippen LogP contribution in [-0.4, -0.2) is 39.9 Å². The van der Waals surface area contributed by atoms with Gasteiger partial charge in [0.05, 0.1) is 17.4 Å². The van der Waals surface area contributed by atoms with Crippen molar-refractivity contribution in [3.8, 4) is 5.75 Å². The predicted octanol–water partition coefficient (Wildman–Crippen LogP) is 5.37. The number of piperidine rings is 1. The first-order chi connectivity index (χ1) is 18.5. The van der Waals surface area contributed by atoms with E-state index in [1.54, 1.807) is 36.4 Å². The minimum atomic E-state index is -3.73. The fourth-order valence-corrected chi connectivity index (χ4v) is 6.54. The molecule has 2 aliphatic rings. The SMILES string of the molecule is Cc1ccc(F)cc1[C@@H]1NCC[C@@H](c2cc(Cl)ccc2OCC(=O)NS(C)(=O)=O)[C@@]12C=Nc1cc(Cl)ccc12. The number of nitrogens with zero attached hydrogens (tertiary/aromatic N) is 1. The highest BCUT2D eigenvalue weighted by atomic mass is 35.5. The second-order valence-electron chi connectivity index (χ2n) is 9.85. The zero-order chi connectivity index (χ0) is 27.9. The summed E-state index contributed by atoms with van der Waals surface area (Å²) in [4.78, 5) is 17.0. The Hall–Kier alpha value is -2.98. The van der Waals surface area contributed by atoms with Crippen LogP contribution in [0.1, 0.15) is 40.6 Å². The first kappa shape index (κ1) is 27.6. The van der Waals surface area contributed by atoms with E-state index in [0.717, 1.165) is 28.5 Å². The molecule has 204 valence electrons. The molecule has 7 nitrogen and oxygen atoms in total. The van der Waals surface area contributed by atoms with Crippen molar-refractivity contribution >= 4 is 51.0 Å². The first-order valence-electron chi connectivity index (χ1n) is 12.3. The van der Waals surface area contributed by atoms with Gasteiger partial charge in [-0.2, -0.15) is 0 Å². The zero-order valence-corrected chi connectivity index (χ0v) is 23.5. The predicted molar refractivity (Wildman–Crippen MR) is 150 cm³/mol. The Balaban J connectivity index is 1.65. The highest BCUT2D eigenvalue weighted by Gasteiger charge is 2.53. The molecule has 1 fully saturated rings. The molecule has 1 spiro atoms. The average molecular weight is 591 g/mol. The Morgan fingerprint density at radius 3 is 2.64 bits per heavy atom. The summed E-state index contributed by atoms with van der Waals surface area (Å²) in [6.45, 7) is 2.04. The molecule has 39 heavy (non-hydrogen) atoms. The smallest absolute Gasteiger partial charge is 0.271 e. The van der Waals surface area contributed by atoms with Crippen molar-refractivity contribution in [2.75, 3.05) is 19.4 Å². The maximum Gasteiger partial charge on any atom is 0.271 e. The Morgan fingerprint density at radius 1 is 1.13 bits per heavy atom. The molecular weight excluding hydrogens is 564 g/mol. The van der Waals surface area contributed by atoms with E-state index in [0.29, 0.717) is 34.4 Å². The number of hydrogen-bond acceptors (Lipinski definition) is 6. The van der Waals surface area contributed by atoms with Gasteiger partial charge in [0.25, 0.3) is 5.91 Å². The van der Waals surface area contributed by atoms with E-state index in [1.165, 1.54) is 6.07 Å². The van der Waals surface area contributed by atoms with E-state index in [-0.39, 0.29) is 17.8 Å². The molecule has 3 atom stereocenters. The zero-order valence-electron chi connectivity index (χ0n) is 21.2. The van der Waals surface area contributed by atoms with Gasteiger partial charge in [-0.3, -0.25) is 14.5 Å². The number of ether oxygens (including phenoxy) is 1. The lowest BCUT2D eigenvalue weighted by molar-refractivity contribution is -0.121. The number of carbonyl (C=O) groups excluding carboxylic acids is 1. The van der Waals surface area contributed by atoms with Crippen molar-refractivity contribution in [2.45, 2.75) is 30.7 Å². The summed E-state index contributed by atoms with van der Waals surface area (Å²) in [6, 6.07) is 15.0. The summed E-state index contributed by atoms with van der Waals surface area (Å²) in [5.74, 6) is -1.01. The molecule has 0 aliphatic carbocycles. The van der Waals surface area contributed by atoms with Crippen LogP contribution in [0, 0.1) is 12.7 Å². The van der Waals surface area contributed by atoms with Crippen molar-refractivity contribution in [1.29, 1.82) is 0 Å². The minimum absolute atomic E-state index is 0.260. The van der Waals surface area contributed by atoms with Gasteiger partial charge in [-0.25, -0.2) is 12.8 Å². The highest BCUT2D eigenvalue weighted by Crippen LogP contribution is 2.57. The van der Waals surface area contributed by atoms with Crippen LogP contribution < -0.4 is 14.8 Å². The number of hydrogen-bond donors (Lipinski definition) is 2. The monoisotopic (exact) mass is 589 g/mol. The van der Waals surface area contributed by atoms with E-state index in [4.69, 9.17) is 32.9 Å². The van der Waals surface area contributed by atoms with E-state index < -0.39 is 28.0 Å². The molecule has 3 aromatic carbocycles. The van der Waals surface area contributed by atoms with Crippen molar-refractivity contribution in [3.63, 3.8) is 0 Å². The molecule has 2 N–H and O–H groups in total. The Bertz CT molecular complexity index is 1600. The van der Waals surface area contributed by atoms with Crippen molar-refractivity contribution in [2.24, 2.45) is 4.99 Å². The fourth-order valence-electron chi connectivity index (χ4n) is 5.72. The fraction of sp³-hybridized carbons (Fsp3) is 0.286. The molecule has 0 radical (unpaired) electrons. The number of aliphatic imine (C=N–C) groups is 1. The number of rotatable bonds is 6. The third-order valence-corrected chi connectivity index (χ3v) is 8.31. The molecule has 0 saturated carbocycles. The number of fused-ring (bicyclic) bond motifs is 2. The number of benzene rings is 3. The Kier molecular flexibility index (Phi) is 7.45. The molecule has 2 heterocycles. The molecule has 1 saturated heterocycles. The number of carbonyl (C=O) groups is 1. The van der Waals surface area contributed by atoms with Crippen molar-refractivity contribution < 1.29 is 22.3 Å².